The third-order valence-electron chi connectivity index (χ3n) is 2.31. The lowest BCUT2D eigenvalue weighted by Gasteiger charge is -2.05. The molecule has 0 unspecified atom stereocenters. The van der Waals surface area contributed by atoms with Crippen molar-refractivity contribution in [1.29, 1.82) is 0 Å². The number of benzene rings is 1. The minimum Gasteiger partial charge on any atom is -0.340 e. The van der Waals surface area contributed by atoms with E-state index in [1.807, 2.05) is 24.3 Å². The summed E-state index contributed by atoms with van der Waals surface area (Å²) in [6, 6.07) is 7.43. The molecule has 0 atom stereocenters. The standard InChI is InChI=1S/C11H8ClN5.ClH/c12-7-2-1-3-8(4-7)17-11-9-10(14-5-13-9)15-6-16-11;/h1-6H,(H2,13,14,15,16,17);1H. The summed E-state index contributed by atoms with van der Waals surface area (Å²) in [5.74, 6) is 0.676. The molecule has 0 saturated heterocycles. The fraction of sp³-hybridized carbons (Fsp3) is 0. The van der Waals surface area contributed by atoms with E-state index in [1.54, 1.807) is 6.33 Å². The van der Waals surface area contributed by atoms with E-state index in [1.165, 1.54) is 6.33 Å². The molecule has 1 aromatic carbocycles. The van der Waals surface area contributed by atoms with E-state index in [9.17, 15) is 0 Å². The SMILES string of the molecule is Cl.Clc1cccc(Nc2ncnc3nc[nH]c23)c1. The fourth-order valence-corrected chi connectivity index (χ4v) is 1.75. The summed E-state index contributed by atoms with van der Waals surface area (Å²) >= 11 is 5.92. The summed E-state index contributed by atoms with van der Waals surface area (Å²) in [5, 5.41) is 3.84. The average Bonchev–Trinajstić information content (AvgIpc) is 2.78. The Labute approximate surface area is 114 Å². The topological polar surface area (TPSA) is 66.5 Å². The van der Waals surface area contributed by atoms with Crippen LogP contribution in [0.4, 0.5) is 11.5 Å². The van der Waals surface area contributed by atoms with E-state index < -0.39 is 0 Å². The van der Waals surface area contributed by atoms with Crippen LogP contribution in [0.15, 0.2) is 36.9 Å². The lowest BCUT2D eigenvalue weighted by atomic mass is 10.3. The van der Waals surface area contributed by atoms with Gasteiger partial charge in [0.1, 0.15) is 11.8 Å². The van der Waals surface area contributed by atoms with Crippen LogP contribution < -0.4 is 5.32 Å². The molecule has 0 saturated carbocycles. The summed E-state index contributed by atoms with van der Waals surface area (Å²) < 4.78 is 0. The first kappa shape index (κ1) is 12.6. The molecule has 0 spiro atoms. The summed E-state index contributed by atoms with van der Waals surface area (Å²) in [4.78, 5) is 15.3. The highest BCUT2D eigenvalue weighted by Crippen LogP contribution is 2.22. The lowest BCUT2D eigenvalue weighted by molar-refractivity contribution is 1.20. The number of fused-ring (bicyclic) bond motifs is 1. The monoisotopic (exact) mass is 281 g/mol. The van der Waals surface area contributed by atoms with E-state index in [4.69, 9.17) is 11.6 Å². The maximum Gasteiger partial charge on any atom is 0.182 e. The molecular formula is C11H9Cl2N5. The van der Waals surface area contributed by atoms with Crippen LogP contribution in [0, 0.1) is 0 Å². The van der Waals surface area contributed by atoms with Crippen LogP contribution in [-0.4, -0.2) is 19.9 Å². The van der Waals surface area contributed by atoms with Crippen LogP contribution >= 0.6 is 24.0 Å². The zero-order chi connectivity index (χ0) is 11.7. The van der Waals surface area contributed by atoms with Crippen molar-refractivity contribution in [2.45, 2.75) is 0 Å². The van der Waals surface area contributed by atoms with Crippen molar-refractivity contribution in [2.24, 2.45) is 0 Å². The van der Waals surface area contributed by atoms with Crippen LogP contribution in [-0.2, 0) is 0 Å². The molecule has 7 heteroatoms. The highest BCUT2D eigenvalue weighted by molar-refractivity contribution is 6.30. The molecule has 2 aromatic heterocycles. The summed E-state index contributed by atoms with van der Waals surface area (Å²) in [7, 11) is 0. The molecule has 3 aromatic rings. The molecule has 0 aliphatic carbocycles. The number of hydrogen-bond acceptors (Lipinski definition) is 4. The van der Waals surface area contributed by atoms with Crippen LogP contribution in [0.3, 0.4) is 0 Å². The van der Waals surface area contributed by atoms with Crippen molar-refractivity contribution in [3.8, 4) is 0 Å². The van der Waals surface area contributed by atoms with Crippen molar-refractivity contribution in [1.82, 2.24) is 19.9 Å². The molecule has 0 fully saturated rings. The Morgan fingerprint density at radius 1 is 1.17 bits per heavy atom. The molecule has 0 radical (unpaired) electrons. The van der Waals surface area contributed by atoms with Gasteiger partial charge in [0, 0.05) is 10.7 Å². The first-order valence-electron chi connectivity index (χ1n) is 4.99. The summed E-state index contributed by atoms with van der Waals surface area (Å²) in [6.07, 6.45) is 3.05. The molecule has 2 N–H and O–H groups in total. The van der Waals surface area contributed by atoms with Gasteiger partial charge in [-0.05, 0) is 18.2 Å². The minimum absolute atomic E-state index is 0. The number of halogens is 2. The van der Waals surface area contributed by atoms with Gasteiger partial charge in [-0.3, -0.25) is 0 Å². The van der Waals surface area contributed by atoms with Gasteiger partial charge in [-0.2, -0.15) is 0 Å². The molecule has 0 aliphatic heterocycles. The van der Waals surface area contributed by atoms with Crippen LogP contribution in [0.25, 0.3) is 11.2 Å². The van der Waals surface area contributed by atoms with Gasteiger partial charge >= 0.3 is 0 Å². The number of aromatic amines is 1. The second kappa shape index (κ2) is 5.20. The minimum atomic E-state index is 0. The lowest BCUT2D eigenvalue weighted by Crippen LogP contribution is -1.95. The third-order valence-corrected chi connectivity index (χ3v) is 2.55. The maximum absolute atomic E-state index is 5.92. The number of aromatic nitrogens is 4. The highest BCUT2D eigenvalue weighted by Gasteiger charge is 2.05. The third kappa shape index (κ3) is 2.37. The quantitative estimate of drug-likeness (QED) is 0.757. The molecule has 5 nitrogen and oxygen atoms in total. The van der Waals surface area contributed by atoms with Crippen molar-refractivity contribution in [3.05, 3.63) is 41.9 Å². The van der Waals surface area contributed by atoms with Gasteiger partial charge in [0.05, 0.1) is 6.33 Å². The average molecular weight is 282 g/mol. The molecule has 3 rings (SSSR count). The predicted octanol–water partition coefficient (Wildman–Crippen LogP) is 3.17. The summed E-state index contributed by atoms with van der Waals surface area (Å²) in [6.45, 7) is 0. The van der Waals surface area contributed by atoms with Crippen LogP contribution in [0.1, 0.15) is 0 Å². The van der Waals surface area contributed by atoms with E-state index in [2.05, 4.69) is 25.3 Å². The van der Waals surface area contributed by atoms with Crippen molar-refractivity contribution < 1.29 is 0 Å². The van der Waals surface area contributed by atoms with Gasteiger partial charge in [-0.25, -0.2) is 15.0 Å². The second-order valence-electron chi connectivity index (χ2n) is 3.46. The number of anilines is 2. The van der Waals surface area contributed by atoms with Gasteiger partial charge in [0.25, 0.3) is 0 Å². The molecule has 0 bridgehead atoms. The van der Waals surface area contributed by atoms with Crippen molar-refractivity contribution in [3.63, 3.8) is 0 Å². The van der Waals surface area contributed by atoms with Crippen LogP contribution in [0.2, 0.25) is 5.02 Å². The Bertz CT molecular complexity index is 667. The van der Waals surface area contributed by atoms with Crippen molar-refractivity contribution >= 4 is 46.7 Å². The second-order valence-corrected chi connectivity index (χ2v) is 3.90. The van der Waals surface area contributed by atoms with E-state index in [-0.39, 0.29) is 12.4 Å². The Morgan fingerprint density at radius 2 is 2.06 bits per heavy atom. The zero-order valence-corrected chi connectivity index (χ0v) is 10.7. The number of nitrogens with one attached hydrogen (secondary N) is 2. The Morgan fingerprint density at radius 3 is 2.89 bits per heavy atom. The van der Waals surface area contributed by atoms with Gasteiger partial charge < -0.3 is 10.3 Å². The Kier molecular flexibility index (Phi) is 3.64. The fourth-order valence-electron chi connectivity index (χ4n) is 1.56. The highest BCUT2D eigenvalue weighted by atomic mass is 35.5. The van der Waals surface area contributed by atoms with E-state index in [0.717, 1.165) is 11.2 Å². The van der Waals surface area contributed by atoms with Gasteiger partial charge in [0.15, 0.2) is 11.5 Å². The molecule has 92 valence electrons. The summed E-state index contributed by atoms with van der Waals surface area (Å²) in [5.41, 5.74) is 2.27. The van der Waals surface area contributed by atoms with Crippen LogP contribution in [0.5, 0.6) is 0 Å². The van der Waals surface area contributed by atoms with Crippen molar-refractivity contribution in [2.75, 3.05) is 5.32 Å². The Balaban J connectivity index is 0.00000120. The molecule has 0 amide bonds. The van der Waals surface area contributed by atoms with E-state index >= 15 is 0 Å². The van der Waals surface area contributed by atoms with E-state index in [0.29, 0.717) is 16.5 Å². The zero-order valence-electron chi connectivity index (χ0n) is 9.09. The number of imidazole rings is 1. The normalized spacial score (nSPS) is 10.1. The first-order chi connectivity index (χ1) is 8.33. The molecule has 0 aliphatic rings. The van der Waals surface area contributed by atoms with Gasteiger partial charge in [-0.15, -0.1) is 12.4 Å². The number of rotatable bonds is 2. The van der Waals surface area contributed by atoms with Gasteiger partial charge in [-0.1, -0.05) is 17.7 Å². The smallest absolute Gasteiger partial charge is 0.182 e. The largest absolute Gasteiger partial charge is 0.340 e. The molecule has 18 heavy (non-hydrogen) atoms. The Hall–Kier alpha value is -1.85. The number of H-pyrrole nitrogens is 1. The maximum atomic E-state index is 5.92. The number of hydrogen-bond donors (Lipinski definition) is 2. The molecular weight excluding hydrogens is 273 g/mol. The number of nitrogens with zero attached hydrogens (tertiary/aromatic N) is 3. The molecule has 2 heterocycles. The predicted molar refractivity (Wildman–Crippen MR) is 73.7 cm³/mol. The first-order valence-corrected chi connectivity index (χ1v) is 5.37. The van der Waals surface area contributed by atoms with Gasteiger partial charge in [0.2, 0.25) is 0 Å².